The summed E-state index contributed by atoms with van der Waals surface area (Å²) in [4.78, 5) is 10.1. The van der Waals surface area contributed by atoms with Crippen LogP contribution in [0.5, 0.6) is 0 Å². The van der Waals surface area contributed by atoms with Crippen LogP contribution in [0.25, 0.3) is 0 Å². The molecule has 0 saturated heterocycles. The molecule has 0 heterocycles. The van der Waals surface area contributed by atoms with Crippen LogP contribution in [0.3, 0.4) is 0 Å². The summed E-state index contributed by atoms with van der Waals surface area (Å²) in [5, 5.41) is 16.2. The zero-order chi connectivity index (χ0) is 9.28. The molecule has 1 atom stereocenters. The van der Waals surface area contributed by atoms with Gasteiger partial charge in [0.25, 0.3) is 0 Å². The van der Waals surface area contributed by atoms with Gasteiger partial charge in [-0.15, -0.1) is 0 Å². The molecule has 0 aliphatic rings. The predicted molar refractivity (Wildman–Crippen MR) is 44.8 cm³/mol. The molecule has 4 nitrogen and oxygen atoms in total. The molecule has 0 radical (unpaired) electrons. The monoisotopic (exact) mass is 229 g/mol. The molecule has 68 valence electrons. The van der Waals surface area contributed by atoms with Gasteiger partial charge in [0.2, 0.25) is 0 Å². The third-order valence-electron chi connectivity index (χ3n) is 0.950. The fraction of sp³-hybridized carbons (Fsp3) is 0.833. The number of nitrogens with two attached hydrogens (primary N) is 1. The fourth-order valence-electron chi connectivity index (χ4n) is 0.368. The van der Waals surface area contributed by atoms with Gasteiger partial charge in [-0.3, -0.25) is 0 Å². The number of hydrogen-bond acceptors (Lipinski definition) is 3. The van der Waals surface area contributed by atoms with Crippen LogP contribution in [0.15, 0.2) is 0 Å². The SMILES string of the molecule is CO.C[Se]CCC(N)C(=O)O. The van der Waals surface area contributed by atoms with Crippen LogP contribution in [0.2, 0.25) is 11.1 Å². The minimum absolute atomic E-state index is 0.549. The Morgan fingerprint density at radius 1 is 1.64 bits per heavy atom. The van der Waals surface area contributed by atoms with E-state index < -0.39 is 12.0 Å². The van der Waals surface area contributed by atoms with E-state index in [0.717, 1.165) is 12.4 Å². The molecule has 0 aliphatic heterocycles. The van der Waals surface area contributed by atoms with Gasteiger partial charge in [0, 0.05) is 7.11 Å². The van der Waals surface area contributed by atoms with Crippen molar-refractivity contribution in [1.29, 1.82) is 0 Å². The molecule has 0 saturated carbocycles. The van der Waals surface area contributed by atoms with E-state index in [1.807, 2.05) is 0 Å². The predicted octanol–water partition coefficient (Wildman–Crippen LogP) is -0.432. The summed E-state index contributed by atoms with van der Waals surface area (Å²) >= 11 is 0.549. The second-order valence-electron chi connectivity index (χ2n) is 1.73. The molecule has 0 fully saturated rings. The molecule has 4 N–H and O–H groups in total. The molecular formula is C6H15NO3Se. The Morgan fingerprint density at radius 3 is 2.36 bits per heavy atom. The van der Waals surface area contributed by atoms with E-state index >= 15 is 0 Å². The summed E-state index contributed by atoms with van der Waals surface area (Å²) in [6, 6.07) is -0.646. The van der Waals surface area contributed by atoms with Crippen molar-refractivity contribution in [3.63, 3.8) is 0 Å². The molecule has 1 unspecified atom stereocenters. The Bertz CT molecular complexity index is 99.8. The van der Waals surface area contributed by atoms with Gasteiger partial charge in [-0.05, 0) is 0 Å². The third-order valence-corrected chi connectivity index (χ3v) is 2.30. The molecule has 0 spiro atoms. The maximum atomic E-state index is 10.1. The summed E-state index contributed by atoms with van der Waals surface area (Å²) in [5.41, 5.74) is 5.21. The number of carboxylic acid groups (broad SMARTS) is 1. The molecule has 0 aromatic rings. The topological polar surface area (TPSA) is 83.5 Å². The fourth-order valence-corrected chi connectivity index (χ4v) is 1.40. The first-order valence-corrected chi connectivity index (χ1v) is 6.03. The summed E-state index contributed by atoms with van der Waals surface area (Å²) in [7, 11) is 1.00. The number of rotatable bonds is 4. The van der Waals surface area contributed by atoms with E-state index in [4.69, 9.17) is 15.9 Å². The molecular weight excluding hydrogens is 213 g/mol. The van der Waals surface area contributed by atoms with Gasteiger partial charge in [-0.25, -0.2) is 0 Å². The average Bonchev–Trinajstić information content (AvgIpc) is 2.03. The van der Waals surface area contributed by atoms with Crippen molar-refractivity contribution in [3.05, 3.63) is 0 Å². The first-order valence-electron chi connectivity index (χ1n) is 3.10. The van der Waals surface area contributed by atoms with Crippen molar-refractivity contribution in [2.45, 2.75) is 23.6 Å². The summed E-state index contributed by atoms with van der Waals surface area (Å²) < 4.78 is 0. The molecule has 0 amide bonds. The Morgan fingerprint density at radius 2 is 2.09 bits per heavy atom. The van der Waals surface area contributed by atoms with Crippen LogP contribution in [-0.4, -0.2) is 44.3 Å². The zero-order valence-electron chi connectivity index (χ0n) is 6.78. The van der Waals surface area contributed by atoms with Gasteiger partial charge < -0.3 is 5.11 Å². The molecule has 0 aromatic heterocycles. The van der Waals surface area contributed by atoms with Gasteiger partial charge in [0.1, 0.15) is 0 Å². The molecule has 5 heteroatoms. The van der Waals surface area contributed by atoms with Crippen LogP contribution >= 0.6 is 0 Å². The maximum absolute atomic E-state index is 10.1. The number of carbonyl (C=O) groups is 1. The van der Waals surface area contributed by atoms with Crippen molar-refractivity contribution in [3.8, 4) is 0 Å². The summed E-state index contributed by atoms with van der Waals surface area (Å²) in [6.45, 7) is 0. The quantitative estimate of drug-likeness (QED) is 0.570. The summed E-state index contributed by atoms with van der Waals surface area (Å²) in [6.07, 6.45) is 0.617. The Kier molecular flexibility index (Phi) is 12.2. The number of hydrogen-bond donors (Lipinski definition) is 3. The van der Waals surface area contributed by atoms with Crippen molar-refractivity contribution in [2.24, 2.45) is 5.73 Å². The standard InChI is InChI=1S/C5H11NO2Se.CH4O/c1-9-3-2-4(6)5(7)8;1-2/h4H,2-3,6H2,1H3,(H,7,8);2H,1H3. The normalized spacial score (nSPS) is 11.3. The van der Waals surface area contributed by atoms with Crippen LogP contribution < -0.4 is 5.73 Å². The summed E-state index contributed by atoms with van der Waals surface area (Å²) in [5.74, 6) is 1.18. The van der Waals surface area contributed by atoms with Crippen molar-refractivity contribution >= 4 is 20.9 Å². The van der Waals surface area contributed by atoms with E-state index in [1.54, 1.807) is 0 Å². The van der Waals surface area contributed by atoms with Gasteiger partial charge in [-0.1, -0.05) is 0 Å². The zero-order valence-corrected chi connectivity index (χ0v) is 8.49. The second kappa shape index (κ2) is 9.91. The van der Waals surface area contributed by atoms with E-state index in [0.29, 0.717) is 21.4 Å². The van der Waals surface area contributed by atoms with Crippen LogP contribution in [0.1, 0.15) is 6.42 Å². The van der Waals surface area contributed by atoms with E-state index in [-0.39, 0.29) is 0 Å². The number of aliphatic hydroxyl groups is 1. The molecule has 0 bridgehead atoms. The van der Waals surface area contributed by atoms with Crippen molar-refractivity contribution in [2.75, 3.05) is 7.11 Å². The third kappa shape index (κ3) is 9.91. The number of aliphatic hydroxyl groups excluding tert-OH is 1. The van der Waals surface area contributed by atoms with Crippen LogP contribution in [0.4, 0.5) is 0 Å². The van der Waals surface area contributed by atoms with Crippen molar-refractivity contribution < 1.29 is 15.0 Å². The minimum atomic E-state index is -0.890. The Labute approximate surface area is 72.9 Å². The van der Waals surface area contributed by atoms with Gasteiger partial charge in [0.15, 0.2) is 0 Å². The molecule has 0 aliphatic carbocycles. The van der Waals surface area contributed by atoms with E-state index in [9.17, 15) is 4.79 Å². The van der Waals surface area contributed by atoms with E-state index in [2.05, 4.69) is 5.82 Å². The van der Waals surface area contributed by atoms with Crippen molar-refractivity contribution in [1.82, 2.24) is 0 Å². The van der Waals surface area contributed by atoms with Gasteiger partial charge in [-0.2, -0.15) is 0 Å². The van der Waals surface area contributed by atoms with Crippen LogP contribution in [-0.2, 0) is 4.79 Å². The van der Waals surface area contributed by atoms with Crippen LogP contribution in [0, 0.1) is 0 Å². The van der Waals surface area contributed by atoms with Gasteiger partial charge in [0.05, 0.1) is 0 Å². The first-order chi connectivity index (χ1) is 5.18. The second-order valence-corrected chi connectivity index (χ2v) is 3.79. The Hall–Kier alpha value is -0.0905. The average molecular weight is 228 g/mol. The van der Waals surface area contributed by atoms with E-state index in [1.165, 1.54) is 0 Å². The molecule has 0 aromatic carbocycles. The number of aliphatic carboxylic acids is 1. The Balaban J connectivity index is 0. The van der Waals surface area contributed by atoms with Gasteiger partial charge >= 0.3 is 60.2 Å². The molecule has 0 rings (SSSR count). The molecule has 11 heavy (non-hydrogen) atoms. The number of carboxylic acids is 1. The first kappa shape index (κ1) is 13.5.